The highest BCUT2D eigenvalue weighted by Gasteiger charge is 2.32. The Morgan fingerprint density at radius 1 is 1.17 bits per heavy atom. The Labute approximate surface area is 134 Å². The van der Waals surface area contributed by atoms with Crippen molar-refractivity contribution in [3.8, 4) is 11.5 Å². The molecule has 0 saturated heterocycles. The molecule has 0 N–H and O–H groups in total. The third-order valence-corrected chi connectivity index (χ3v) is 4.28. The van der Waals surface area contributed by atoms with E-state index >= 15 is 0 Å². The first-order chi connectivity index (χ1) is 11.3. The van der Waals surface area contributed by atoms with E-state index in [9.17, 15) is 4.79 Å². The van der Waals surface area contributed by atoms with Crippen LogP contribution in [0.5, 0.6) is 11.5 Å². The van der Waals surface area contributed by atoms with Crippen LogP contribution in [-0.2, 0) is 17.8 Å². The van der Waals surface area contributed by atoms with Crippen molar-refractivity contribution in [1.82, 2.24) is 4.90 Å². The Balaban J connectivity index is 1.38. The minimum Gasteiger partial charge on any atom is -0.467 e. The lowest BCUT2D eigenvalue weighted by Gasteiger charge is -2.21. The highest BCUT2D eigenvalue weighted by Crippen LogP contribution is 2.33. The molecule has 120 valence electrons. The molecule has 1 saturated carbocycles. The molecule has 0 spiro atoms. The number of carbonyl (C=O) groups is 1. The lowest BCUT2D eigenvalue weighted by atomic mass is 10.1. The third kappa shape index (κ3) is 3.18. The minimum atomic E-state index is 0.182. The normalized spacial score (nSPS) is 15.7. The summed E-state index contributed by atoms with van der Waals surface area (Å²) in [6, 6.07) is 10.0. The molecule has 5 heteroatoms. The summed E-state index contributed by atoms with van der Waals surface area (Å²) in [4.78, 5) is 14.5. The largest absolute Gasteiger partial charge is 0.467 e. The van der Waals surface area contributed by atoms with Gasteiger partial charge in [0, 0.05) is 12.5 Å². The third-order valence-electron chi connectivity index (χ3n) is 4.28. The summed E-state index contributed by atoms with van der Waals surface area (Å²) in [6.07, 6.45) is 5.04. The van der Waals surface area contributed by atoms with Crippen LogP contribution in [-0.4, -0.2) is 23.6 Å². The molecule has 0 radical (unpaired) electrons. The smallest absolute Gasteiger partial charge is 0.231 e. The second-order valence-corrected chi connectivity index (χ2v) is 6.02. The number of carbonyl (C=O) groups excluding carboxylic acids is 1. The summed E-state index contributed by atoms with van der Waals surface area (Å²) in [5.41, 5.74) is 1.09. The predicted molar refractivity (Wildman–Crippen MR) is 83.2 cm³/mol. The van der Waals surface area contributed by atoms with Crippen LogP contribution in [0.25, 0.3) is 0 Å². The zero-order valence-corrected chi connectivity index (χ0v) is 12.9. The van der Waals surface area contributed by atoms with Gasteiger partial charge < -0.3 is 18.8 Å². The number of hydrogen-bond donors (Lipinski definition) is 0. The molecule has 1 aromatic carbocycles. The van der Waals surface area contributed by atoms with Crippen LogP contribution in [0.2, 0.25) is 0 Å². The molecule has 5 nitrogen and oxygen atoms in total. The van der Waals surface area contributed by atoms with Crippen molar-refractivity contribution in [3.63, 3.8) is 0 Å². The van der Waals surface area contributed by atoms with Gasteiger partial charge in [-0.05, 0) is 49.1 Å². The van der Waals surface area contributed by atoms with E-state index in [4.69, 9.17) is 13.9 Å². The maximum atomic E-state index is 12.6. The van der Waals surface area contributed by atoms with Crippen LogP contribution in [0.4, 0.5) is 0 Å². The summed E-state index contributed by atoms with van der Waals surface area (Å²) in [6.45, 7) is 0.841. The van der Waals surface area contributed by atoms with Gasteiger partial charge in [-0.15, -0.1) is 0 Å². The van der Waals surface area contributed by atoms with Crippen LogP contribution in [0.1, 0.15) is 30.6 Å². The number of rotatable bonds is 6. The summed E-state index contributed by atoms with van der Waals surface area (Å²) >= 11 is 0. The van der Waals surface area contributed by atoms with Gasteiger partial charge in [-0.1, -0.05) is 6.07 Å². The van der Waals surface area contributed by atoms with Crippen molar-refractivity contribution in [2.75, 3.05) is 6.79 Å². The molecule has 1 aliphatic carbocycles. The van der Waals surface area contributed by atoms with E-state index in [-0.39, 0.29) is 12.7 Å². The lowest BCUT2D eigenvalue weighted by molar-refractivity contribution is -0.132. The molecular formula is C18H19NO4. The second-order valence-electron chi connectivity index (χ2n) is 6.02. The Morgan fingerprint density at radius 3 is 2.83 bits per heavy atom. The molecule has 2 aliphatic rings. The number of amides is 1. The summed E-state index contributed by atoms with van der Waals surface area (Å²) in [7, 11) is 0. The minimum absolute atomic E-state index is 0.182. The number of aryl methyl sites for hydroxylation is 1. The Hall–Kier alpha value is -2.43. The number of benzene rings is 1. The van der Waals surface area contributed by atoms with Crippen LogP contribution < -0.4 is 9.47 Å². The Bertz CT molecular complexity index is 691. The predicted octanol–water partition coefficient (Wildman–Crippen LogP) is 3.13. The van der Waals surface area contributed by atoms with Gasteiger partial charge in [0.2, 0.25) is 12.7 Å². The molecule has 4 rings (SSSR count). The molecule has 23 heavy (non-hydrogen) atoms. The maximum Gasteiger partial charge on any atom is 0.231 e. The van der Waals surface area contributed by atoms with Crippen molar-refractivity contribution in [2.24, 2.45) is 0 Å². The molecule has 0 unspecified atom stereocenters. The van der Waals surface area contributed by atoms with Crippen molar-refractivity contribution >= 4 is 5.91 Å². The van der Waals surface area contributed by atoms with Crippen LogP contribution in [0.15, 0.2) is 41.0 Å². The standard InChI is InChI=1S/C18H19NO4/c20-18(19(14-5-6-14)11-15-2-1-9-21-15)8-4-13-3-7-16-17(10-13)23-12-22-16/h1-3,7,9-10,14H,4-6,8,11-12H2. The number of nitrogens with zero attached hydrogens (tertiary/aromatic N) is 1. The lowest BCUT2D eigenvalue weighted by Crippen LogP contribution is -2.32. The van der Waals surface area contributed by atoms with Crippen molar-refractivity contribution in [2.45, 2.75) is 38.3 Å². The monoisotopic (exact) mass is 313 g/mol. The molecule has 0 atom stereocenters. The van der Waals surface area contributed by atoms with Gasteiger partial charge >= 0.3 is 0 Å². The van der Waals surface area contributed by atoms with Gasteiger partial charge in [0.15, 0.2) is 11.5 Å². The second kappa shape index (κ2) is 5.99. The average molecular weight is 313 g/mol. The fourth-order valence-electron chi connectivity index (χ4n) is 2.87. The molecule has 2 aromatic rings. The average Bonchev–Trinajstić information content (AvgIpc) is 3.08. The molecular weight excluding hydrogens is 294 g/mol. The van der Waals surface area contributed by atoms with E-state index in [1.54, 1.807) is 6.26 Å². The fourth-order valence-corrected chi connectivity index (χ4v) is 2.87. The van der Waals surface area contributed by atoms with E-state index < -0.39 is 0 Å². The highest BCUT2D eigenvalue weighted by atomic mass is 16.7. The Kier molecular flexibility index (Phi) is 3.69. The van der Waals surface area contributed by atoms with Crippen molar-refractivity contribution in [3.05, 3.63) is 47.9 Å². The molecule has 2 heterocycles. The van der Waals surface area contributed by atoms with Crippen LogP contribution in [0, 0.1) is 0 Å². The van der Waals surface area contributed by atoms with E-state index in [2.05, 4.69) is 0 Å². The van der Waals surface area contributed by atoms with Crippen molar-refractivity contribution in [1.29, 1.82) is 0 Å². The van der Waals surface area contributed by atoms with Crippen LogP contribution in [0.3, 0.4) is 0 Å². The van der Waals surface area contributed by atoms with Gasteiger partial charge in [-0.2, -0.15) is 0 Å². The topological polar surface area (TPSA) is 51.9 Å². The number of fused-ring (bicyclic) bond motifs is 1. The first-order valence-corrected chi connectivity index (χ1v) is 8.00. The fraction of sp³-hybridized carbons (Fsp3) is 0.389. The van der Waals surface area contributed by atoms with E-state index in [0.29, 0.717) is 25.4 Å². The number of hydrogen-bond acceptors (Lipinski definition) is 4. The summed E-state index contributed by atoms with van der Waals surface area (Å²) in [5.74, 6) is 2.57. The van der Waals surface area contributed by atoms with E-state index in [1.165, 1.54) is 0 Å². The molecule has 1 aliphatic heterocycles. The SMILES string of the molecule is O=C(CCc1ccc2c(c1)OCO2)N(Cc1ccco1)C1CC1. The van der Waals surface area contributed by atoms with E-state index in [1.807, 2.05) is 35.2 Å². The van der Waals surface area contributed by atoms with Gasteiger partial charge in [-0.25, -0.2) is 0 Å². The molecule has 1 amide bonds. The zero-order chi connectivity index (χ0) is 15.6. The first kappa shape index (κ1) is 14.2. The maximum absolute atomic E-state index is 12.6. The number of ether oxygens (including phenoxy) is 2. The van der Waals surface area contributed by atoms with Crippen LogP contribution >= 0.6 is 0 Å². The zero-order valence-electron chi connectivity index (χ0n) is 12.9. The number of furan rings is 1. The summed E-state index contributed by atoms with van der Waals surface area (Å²) in [5, 5.41) is 0. The van der Waals surface area contributed by atoms with Gasteiger partial charge in [0.1, 0.15) is 5.76 Å². The first-order valence-electron chi connectivity index (χ1n) is 8.00. The quantitative estimate of drug-likeness (QED) is 0.822. The van der Waals surface area contributed by atoms with Gasteiger partial charge in [0.05, 0.1) is 12.8 Å². The van der Waals surface area contributed by atoms with Gasteiger partial charge in [-0.3, -0.25) is 4.79 Å². The Morgan fingerprint density at radius 2 is 2.04 bits per heavy atom. The van der Waals surface area contributed by atoms with E-state index in [0.717, 1.165) is 35.7 Å². The molecule has 1 aromatic heterocycles. The van der Waals surface area contributed by atoms with Gasteiger partial charge in [0.25, 0.3) is 0 Å². The van der Waals surface area contributed by atoms with Crippen molar-refractivity contribution < 1.29 is 18.7 Å². The highest BCUT2D eigenvalue weighted by molar-refractivity contribution is 5.77. The molecule has 1 fully saturated rings. The molecule has 0 bridgehead atoms. The summed E-state index contributed by atoms with van der Waals surface area (Å²) < 4.78 is 16.1.